The minimum absolute atomic E-state index is 0.125. The number of thiazole rings is 1. The molecule has 0 spiro atoms. The molecule has 0 saturated carbocycles. The number of hydrogen-bond donors (Lipinski definition) is 3. The van der Waals surface area contributed by atoms with E-state index < -0.39 is 17.7 Å². The zero-order chi connectivity index (χ0) is 20.5. The molecule has 0 aliphatic carbocycles. The van der Waals surface area contributed by atoms with Crippen LogP contribution in [0.2, 0.25) is 0 Å². The van der Waals surface area contributed by atoms with Gasteiger partial charge in [-0.15, -0.1) is 11.3 Å². The van der Waals surface area contributed by atoms with Gasteiger partial charge >= 0.3 is 0 Å². The lowest BCUT2D eigenvalue weighted by Crippen LogP contribution is -2.55. The fourth-order valence-corrected chi connectivity index (χ4v) is 4.13. The van der Waals surface area contributed by atoms with Gasteiger partial charge in [0.2, 0.25) is 11.8 Å². The molecule has 1 aliphatic rings. The number of likely N-dealkylation sites (tertiary alicyclic amines) is 1. The minimum Gasteiger partial charge on any atom is -0.391 e. The van der Waals surface area contributed by atoms with E-state index in [1.165, 1.54) is 4.90 Å². The van der Waals surface area contributed by atoms with E-state index in [0.29, 0.717) is 6.54 Å². The van der Waals surface area contributed by atoms with Crippen molar-refractivity contribution in [1.82, 2.24) is 15.2 Å². The van der Waals surface area contributed by atoms with Crippen LogP contribution >= 0.6 is 11.3 Å². The first-order chi connectivity index (χ1) is 13.2. The number of aliphatic hydroxyl groups excluding tert-OH is 1. The number of nitrogens with zero attached hydrogens (tertiary/aromatic N) is 2. The maximum atomic E-state index is 12.6. The molecule has 1 unspecified atom stereocenters. The van der Waals surface area contributed by atoms with Crippen LogP contribution in [0.4, 0.5) is 0 Å². The Labute approximate surface area is 168 Å². The Morgan fingerprint density at radius 2 is 2.04 bits per heavy atom. The summed E-state index contributed by atoms with van der Waals surface area (Å²) in [5.74, 6) is -0.620. The molecule has 1 saturated heterocycles. The number of aryl methyl sites for hydroxylation is 1. The molecule has 3 rings (SSSR count). The summed E-state index contributed by atoms with van der Waals surface area (Å²) in [5.41, 5.74) is 9.67. The van der Waals surface area contributed by atoms with Crippen LogP contribution in [0.1, 0.15) is 31.5 Å². The maximum absolute atomic E-state index is 12.6. The van der Waals surface area contributed by atoms with Crippen LogP contribution in [0.25, 0.3) is 10.4 Å². The average Bonchev–Trinajstić information content (AvgIpc) is 3.24. The van der Waals surface area contributed by atoms with E-state index in [9.17, 15) is 14.7 Å². The van der Waals surface area contributed by atoms with E-state index in [1.54, 1.807) is 25.2 Å². The molecule has 2 atom stereocenters. The predicted octanol–water partition coefficient (Wildman–Crippen LogP) is 1.43. The molecule has 28 heavy (non-hydrogen) atoms. The smallest absolute Gasteiger partial charge is 0.243 e. The molecule has 4 N–H and O–H groups in total. The third-order valence-electron chi connectivity index (χ3n) is 4.82. The summed E-state index contributed by atoms with van der Waals surface area (Å²) in [5, 5.41) is 12.8. The summed E-state index contributed by atoms with van der Waals surface area (Å²) in [6.07, 6.45) is -0.499. The van der Waals surface area contributed by atoms with Crippen LogP contribution < -0.4 is 11.1 Å². The van der Waals surface area contributed by atoms with Crippen molar-refractivity contribution in [3.63, 3.8) is 0 Å². The highest BCUT2D eigenvalue weighted by molar-refractivity contribution is 7.13. The molecule has 0 bridgehead atoms. The zero-order valence-electron chi connectivity index (χ0n) is 16.3. The number of rotatable bonds is 5. The van der Waals surface area contributed by atoms with E-state index in [1.807, 2.05) is 36.7 Å². The molecule has 1 aromatic heterocycles. The Balaban J connectivity index is 1.63. The van der Waals surface area contributed by atoms with Crippen molar-refractivity contribution in [2.45, 2.75) is 51.4 Å². The number of benzene rings is 1. The first-order valence-corrected chi connectivity index (χ1v) is 10.1. The van der Waals surface area contributed by atoms with Crippen LogP contribution in [-0.2, 0) is 16.1 Å². The SMILES string of the molecule is Cc1ncsc1-c1ccc(CNC(=O)C2C[C@@H](O)CN2C(=O)C(C)(C)N)cc1. The molecular weight excluding hydrogens is 376 g/mol. The van der Waals surface area contributed by atoms with Gasteiger partial charge in [0, 0.05) is 19.5 Å². The molecule has 8 heteroatoms. The van der Waals surface area contributed by atoms with Crippen LogP contribution in [0.5, 0.6) is 0 Å². The number of nitrogens with two attached hydrogens (primary N) is 1. The van der Waals surface area contributed by atoms with Crippen molar-refractivity contribution < 1.29 is 14.7 Å². The molecule has 1 fully saturated rings. The van der Waals surface area contributed by atoms with Crippen molar-refractivity contribution in [3.8, 4) is 10.4 Å². The van der Waals surface area contributed by atoms with Crippen molar-refractivity contribution in [3.05, 3.63) is 41.0 Å². The van der Waals surface area contributed by atoms with Gasteiger partial charge in [-0.05, 0) is 31.9 Å². The van der Waals surface area contributed by atoms with Crippen molar-refractivity contribution in [2.75, 3.05) is 6.54 Å². The summed E-state index contributed by atoms with van der Waals surface area (Å²) in [6.45, 7) is 5.65. The first kappa shape index (κ1) is 20.4. The molecular formula is C20H26N4O3S. The summed E-state index contributed by atoms with van der Waals surface area (Å²) in [4.78, 5) is 31.9. The number of aromatic nitrogens is 1. The Kier molecular flexibility index (Phi) is 5.83. The van der Waals surface area contributed by atoms with Crippen LogP contribution in [0, 0.1) is 6.92 Å². The largest absolute Gasteiger partial charge is 0.391 e. The standard InChI is InChI=1S/C20H26N4O3S/c1-12-17(28-11-23-12)14-6-4-13(5-7-14)9-22-18(26)16-8-15(25)10-24(16)19(27)20(2,3)21/h4-7,11,15-16,25H,8-10,21H2,1-3H3,(H,22,26)/t15-,16?/m1/s1. The number of aliphatic hydroxyl groups is 1. The Hall–Kier alpha value is -2.29. The van der Waals surface area contributed by atoms with Gasteiger partial charge in [-0.2, -0.15) is 0 Å². The average molecular weight is 403 g/mol. The molecule has 2 heterocycles. The van der Waals surface area contributed by atoms with E-state index in [0.717, 1.165) is 21.7 Å². The number of carbonyl (C=O) groups is 2. The van der Waals surface area contributed by atoms with E-state index in [4.69, 9.17) is 5.73 Å². The number of carbonyl (C=O) groups excluding carboxylic acids is 2. The maximum Gasteiger partial charge on any atom is 0.243 e. The highest BCUT2D eigenvalue weighted by atomic mass is 32.1. The zero-order valence-corrected chi connectivity index (χ0v) is 17.1. The van der Waals surface area contributed by atoms with Gasteiger partial charge in [0.05, 0.1) is 27.7 Å². The number of hydrogen-bond acceptors (Lipinski definition) is 6. The molecule has 2 aromatic rings. The number of β-amino-alcohol motifs (C(OH)–C–C–N with tert-alkyl or cyclic N) is 1. The van der Waals surface area contributed by atoms with E-state index in [-0.39, 0.29) is 24.8 Å². The Morgan fingerprint density at radius 3 is 2.61 bits per heavy atom. The van der Waals surface area contributed by atoms with Crippen LogP contribution in [0.3, 0.4) is 0 Å². The van der Waals surface area contributed by atoms with Crippen molar-refractivity contribution in [1.29, 1.82) is 0 Å². The second-order valence-electron chi connectivity index (χ2n) is 7.77. The lowest BCUT2D eigenvalue weighted by atomic mass is 10.0. The first-order valence-electron chi connectivity index (χ1n) is 9.22. The number of nitrogens with one attached hydrogen (secondary N) is 1. The van der Waals surface area contributed by atoms with Gasteiger partial charge in [-0.25, -0.2) is 4.98 Å². The minimum atomic E-state index is -1.09. The monoisotopic (exact) mass is 402 g/mol. The number of amides is 2. The van der Waals surface area contributed by atoms with Crippen molar-refractivity contribution in [2.24, 2.45) is 5.73 Å². The summed E-state index contributed by atoms with van der Waals surface area (Å²) in [7, 11) is 0. The van der Waals surface area contributed by atoms with Gasteiger partial charge in [-0.3, -0.25) is 9.59 Å². The highest BCUT2D eigenvalue weighted by Gasteiger charge is 2.42. The van der Waals surface area contributed by atoms with Gasteiger partial charge in [0.25, 0.3) is 0 Å². The quantitative estimate of drug-likeness (QED) is 0.701. The third-order valence-corrected chi connectivity index (χ3v) is 5.80. The fraction of sp³-hybridized carbons (Fsp3) is 0.450. The molecule has 0 radical (unpaired) electrons. The lowest BCUT2D eigenvalue weighted by Gasteiger charge is -2.29. The second-order valence-corrected chi connectivity index (χ2v) is 8.62. The Morgan fingerprint density at radius 1 is 1.36 bits per heavy atom. The Bertz CT molecular complexity index is 857. The van der Waals surface area contributed by atoms with E-state index >= 15 is 0 Å². The van der Waals surface area contributed by atoms with Gasteiger partial charge in [0.15, 0.2) is 0 Å². The molecule has 2 amide bonds. The second kappa shape index (κ2) is 7.98. The fourth-order valence-electron chi connectivity index (χ4n) is 3.32. The summed E-state index contributed by atoms with van der Waals surface area (Å²) >= 11 is 1.60. The summed E-state index contributed by atoms with van der Waals surface area (Å²) in [6, 6.07) is 7.24. The molecule has 7 nitrogen and oxygen atoms in total. The highest BCUT2D eigenvalue weighted by Crippen LogP contribution is 2.27. The van der Waals surface area contributed by atoms with E-state index in [2.05, 4.69) is 10.3 Å². The predicted molar refractivity (Wildman–Crippen MR) is 109 cm³/mol. The third kappa shape index (κ3) is 4.40. The molecule has 150 valence electrons. The molecule has 1 aliphatic heterocycles. The van der Waals surface area contributed by atoms with Gasteiger partial charge < -0.3 is 21.1 Å². The molecule has 1 aromatic carbocycles. The van der Waals surface area contributed by atoms with Gasteiger partial charge in [-0.1, -0.05) is 24.3 Å². The van der Waals surface area contributed by atoms with Gasteiger partial charge in [0.1, 0.15) is 6.04 Å². The van der Waals surface area contributed by atoms with Crippen molar-refractivity contribution >= 4 is 23.2 Å². The topological polar surface area (TPSA) is 109 Å². The normalized spacial score (nSPS) is 19.7. The lowest BCUT2D eigenvalue weighted by molar-refractivity contribution is -0.141. The summed E-state index contributed by atoms with van der Waals surface area (Å²) < 4.78 is 0. The van der Waals surface area contributed by atoms with Crippen LogP contribution in [0.15, 0.2) is 29.8 Å². The van der Waals surface area contributed by atoms with Crippen LogP contribution in [-0.4, -0.2) is 51.0 Å².